The number of carbonyl (C=O) groups excluding carboxylic acids is 3. The molecule has 0 spiro atoms. The van der Waals surface area contributed by atoms with Crippen molar-refractivity contribution in [1.29, 1.82) is 0 Å². The smallest absolute Gasteiger partial charge is 0.434 e. The Bertz CT molecular complexity index is 812. The quantitative estimate of drug-likeness (QED) is 0.451. The zero-order valence-electron chi connectivity index (χ0n) is 14.0. The topological polar surface area (TPSA) is 76.0 Å². The molecule has 26 heavy (non-hydrogen) atoms. The highest BCUT2D eigenvalue weighted by molar-refractivity contribution is 6.43. The van der Waals surface area contributed by atoms with Crippen molar-refractivity contribution in [2.75, 3.05) is 20.7 Å². The SMILES string of the molecule is COC(=O)C(=O)c1ccccc1CC(=O)C1=NC(C(F)(F)F)=CN(C)C1. The molecule has 0 radical (unpaired) electrons. The number of methoxy groups -OCH3 is 1. The number of aliphatic imine (C=N–C) groups is 1. The molecule has 1 heterocycles. The minimum Gasteiger partial charge on any atom is -0.463 e. The number of halogens is 3. The lowest BCUT2D eigenvalue weighted by Crippen LogP contribution is -2.34. The van der Waals surface area contributed by atoms with E-state index < -0.39 is 29.4 Å². The summed E-state index contributed by atoms with van der Waals surface area (Å²) in [7, 11) is 2.44. The van der Waals surface area contributed by atoms with Gasteiger partial charge in [0.15, 0.2) is 11.5 Å². The molecular formula is C17H15F3N2O4. The molecule has 138 valence electrons. The number of Topliss-reactive ketones (excluding diaryl/α,β-unsaturated/α-hetero) is 2. The number of nitrogens with zero attached hydrogens (tertiary/aromatic N) is 2. The molecule has 0 amide bonds. The summed E-state index contributed by atoms with van der Waals surface area (Å²) in [5.74, 6) is -2.70. The van der Waals surface area contributed by atoms with Gasteiger partial charge in [0.1, 0.15) is 5.71 Å². The van der Waals surface area contributed by atoms with Crippen LogP contribution >= 0.6 is 0 Å². The molecule has 0 saturated carbocycles. The average molecular weight is 368 g/mol. The van der Waals surface area contributed by atoms with E-state index in [1.165, 1.54) is 30.1 Å². The van der Waals surface area contributed by atoms with Gasteiger partial charge in [-0.15, -0.1) is 0 Å². The Morgan fingerprint density at radius 1 is 1.23 bits per heavy atom. The number of alkyl halides is 3. The number of ether oxygens (including phenoxy) is 1. The van der Waals surface area contributed by atoms with Crippen molar-refractivity contribution in [1.82, 2.24) is 4.90 Å². The van der Waals surface area contributed by atoms with E-state index in [0.717, 1.165) is 13.3 Å². The largest absolute Gasteiger partial charge is 0.463 e. The molecular weight excluding hydrogens is 353 g/mol. The molecule has 0 atom stereocenters. The van der Waals surface area contributed by atoms with Crippen LogP contribution in [0.5, 0.6) is 0 Å². The Morgan fingerprint density at radius 3 is 2.50 bits per heavy atom. The monoisotopic (exact) mass is 368 g/mol. The average Bonchev–Trinajstić information content (AvgIpc) is 2.59. The number of rotatable bonds is 5. The molecule has 0 aromatic heterocycles. The van der Waals surface area contributed by atoms with Crippen LogP contribution in [0.1, 0.15) is 15.9 Å². The third kappa shape index (κ3) is 4.35. The second-order valence-electron chi connectivity index (χ2n) is 5.56. The van der Waals surface area contributed by atoms with Gasteiger partial charge in [0.05, 0.1) is 13.7 Å². The van der Waals surface area contributed by atoms with Crippen molar-refractivity contribution in [3.63, 3.8) is 0 Å². The normalized spacial score (nSPS) is 14.4. The van der Waals surface area contributed by atoms with Crippen LogP contribution in [0.3, 0.4) is 0 Å². The van der Waals surface area contributed by atoms with Crippen molar-refractivity contribution >= 4 is 23.2 Å². The first-order valence-corrected chi connectivity index (χ1v) is 7.44. The molecule has 1 aromatic carbocycles. The van der Waals surface area contributed by atoms with Gasteiger partial charge < -0.3 is 9.64 Å². The van der Waals surface area contributed by atoms with Gasteiger partial charge >= 0.3 is 12.1 Å². The fraction of sp³-hybridized carbons (Fsp3) is 0.294. The van der Waals surface area contributed by atoms with Crippen LogP contribution in [-0.4, -0.2) is 55.0 Å². The second kappa shape index (κ2) is 7.51. The molecule has 0 bridgehead atoms. The molecule has 0 unspecified atom stereocenters. The molecule has 0 N–H and O–H groups in total. The standard InChI is InChI=1S/C17H15F3N2O4/c1-22-8-12(21-14(9-22)17(18,19)20)13(23)7-10-5-3-4-6-11(10)15(24)16(25)26-2/h3-6,9H,7-8H2,1-2H3. The molecule has 1 aromatic rings. The van der Waals surface area contributed by atoms with E-state index in [1.54, 1.807) is 6.07 Å². The number of esters is 1. The fourth-order valence-electron chi connectivity index (χ4n) is 2.36. The number of benzene rings is 1. The van der Waals surface area contributed by atoms with Crippen LogP contribution in [0, 0.1) is 0 Å². The van der Waals surface area contributed by atoms with Crippen LogP contribution in [0.25, 0.3) is 0 Å². The summed E-state index contributed by atoms with van der Waals surface area (Å²) in [5.41, 5.74) is -1.28. The molecule has 6 nitrogen and oxygen atoms in total. The first kappa shape index (κ1) is 19.4. The zero-order valence-corrected chi connectivity index (χ0v) is 14.0. The Balaban J connectivity index is 2.29. The van der Waals surface area contributed by atoms with Gasteiger partial charge in [-0.1, -0.05) is 24.3 Å². The summed E-state index contributed by atoms with van der Waals surface area (Å²) < 4.78 is 43.0. The second-order valence-corrected chi connectivity index (χ2v) is 5.56. The van der Waals surface area contributed by atoms with Gasteiger partial charge in [-0.3, -0.25) is 9.59 Å². The molecule has 0 fully saturated rings. The van der Waals surface area contributed by atoms with Crippen molar-refractivity contribution in [2.45, 2.75) is 12.6 Å². The predicted molar refractivity (Wildman–Crippen MR) is 85.7 cm³/mol. The molecule has 9 heteroatoms. The van der Waals surface area contributed by atoms with Crippen molar-refractivity contribution < 1.29 is 32.3 Å². The highest BCUT2D eigenvalue weighted by Gasteiger charge is 2.37. The number of carbonyl (C=O) groups is 3. The first-order chi connectivity index (χ1) is 12.1. The van der Waals surface area contributed by atoms with Crippen LogP contribution in [0.2, 0.25) is 0 Å². The lowest BCUT2D eigenvalue weighted by atomic mass is 9.97. The zero-order chi connectivity index (χ0) is 19.5. The Kier molecular flexibility index (Phi) is 5.59. The summed E-state index contributed by atoms with van der Waals surface area (Å²) in [4.78, 5) is 40.5. The van der Waals surface area contributed by atoms with E-state index >= 15 is 0 Å². The number of hydrogen-bond donors (Lipinski definition) is 0. The lowest BCUT2D eigenvalue weighted by molar-refractivity contribution is -0.135. The number of allylic oxidation sites excluding steroid dienone is 1. The van der Waals surface area contributed by atoms with E-state index in [4.69, 9.17) is 0 Å². The Hall–Kier alpha value is -2.97. The number of ketones is 2. The lowest BCUT2D eigenvalue weighted by Gasteiger charge is -2.22. The molecule has 0 aliphatic carbocycles. The van der Waals surface area contributed by atoms with Crippen LogP contribution in [0.4, 0.5) is 13.2 Å². The minimum absolute atomic E-state index is 0.0379. The van der Waals surface area contributed by atoms with Gasteiger partial charge in [0.25, 0.3) is 5.78 Å². The van der Waals surface area contributed by atoms with Crippen LogP contribution in [0.15, 0.2) is 41.2 Å². The first-order valence-electron chi connectivity index (χ1n) is 7.44. The highest BCUT2D eigenvalue weighted by Crippen LogP contribution is 2.28. The number of hydrogen-bond acceptors (Lipinski definition) is 6. The van der Waals surface area contributed by atoms with Gasteiger partial charge in [-0.05, 0) is 5.56 Å². The summed E-state index contributed by atoms with van der Waals surface area (Å²) >= 11 is 0. The highest BCUT2D eigenvalue weighted by atomic mass is 19.4. The molecule has 1 aliphatic heterocycles. The predicted octanol–water partition coefficient (Wildman–Crippen LogP) is 1.94. The summed E-state index contributed by atoms with van der Waals surface area (Å²) in [5, 5.41) is 0. The minimum atomic E-state index is -4.68. The van der Waals surface area contributed by atoms with E-state index in [-0.39, 0.29) is 29.8 Å². The maximum absolute atomic E-state index is 12.9. The Morgan fingerprint density at radius 2 is 1.88 bits per heavy atom. The van der Waals surface area contributed by atoms with E-state index in [0.29, 0.717) is 0 Å². The molecule has 0 saturated heterocycles. The molecule has 1 aliphatic rings. The van der Waals surface area contributed by atoms with Crippen molar-refractivity contribution in [2.24, 2.45) is 4.99 Å². The maximum Gasteiger partial charge on any atom is 0.434 e. The van der Waals surface area contributed by atoms with Gasteiger partial charge in [-0.25, -0.2) is 9.79 Å². The summed E-state index contributed by atoms with van der Waals surface area (Å²) in [6.45, 7) is -0.0917. The van der Waals surface area contributed by atoms with E-state index in [9.17, 15) is 27.6 Å². The van der Waals surface area contributed by atoms with Gasteiger partial charge in [0, 0.05) is 25.2 Å². The van der Waals surface area contributed by atoms with E-state index in [1.807, 2.05) is 0 Å². The van der Waals surface area contributed by atoms with Crippen LogP contribution in [-0.2, 0) is 20.7 Å². The van der Waals surface area contributed by atoms with Crippen LogP contribution < -0.4 is 0 Å². The maximum atomic E-state index is 12.9. The third-order valence-corrected chi connectivity index (χ3v) is 3.59. The summed E-state index contributed by atoms with van der Waals surface area (Å²) in [6, 6.07) is 5.84. The van der Waals surface area contributed by atoms with Crippen molar-refractivity contribution in [3.8, 4) is 0 Å². The Labute approximate surface area is 147 Å². The van der Waals surface area contributed by atoms with Gasteiger partial charge in [0.2, 0.25) is 0 Å². The fourth-order valence-corrected chi connectivity index (χ4v) is 2.36. The summed E-state index contributed by atoms with van der Waals surface area (Å²) in [6.07, 6.45) is -4.23. The molecule has 2 rings (SSSR count). The van der Waals surface area contributed by atoms with E-state index in [2.05, 4.69) is 9.73 Å². The van der Waals surface area contributed by atoms with Gasteiger partial charge in [-0.2, -0.15) is 13.2 Å². The van der Waals surface area contributed by atoms with Crippen molar-refractivity contribution in [3.05, 3.63) is 47.3 Å². The third-order valence-electron chi connectivity index (χ3n) is 3.59.